The fourth-order valence-corrected chi connectivity index (χ4v) is 10.8. The summed E-state index contributed by atoms with van der Waals surface area (Å²) in [5, 5.41) is 35.7. The minimum absolute atomic E-state index is 0.0423. The van der Waals surface area contributed by atoms with Crippen LogP contribution >= 0.6 is 0 Å². The van der Waals surface area contributed by atoms with Gasteiger partial charge in [-0.05, 0) is 94.6 Å². The van der Waals surface area contributed by atoms with Gasteiger partial charge in [0.2, 0.25) is 0 Å². The molecule has 46 heavy (non-hydrogen) atoms. The van der Waals surface area contributed by atoms with Gasteiger partial charge in [-0.1, -0.05) is 6.92 Å². The third-order valence-electron chi connectivity index (χ3n) is 13.2. The van der Waals surface area contributed by atoms with Crippen molar-refractivity contribution in [2.24, 2.45) is 22.7 Å². The first-order chi connectivity index (χ1) is 22.0. The first-order valence-corrected chi connectivity index (χ1v) is 17.4. The average molecular weight is 647 g/mol. The molecule has 1 aromatic heterocycles. The Hall–Kier alpha value is -1.70. The SMILES string of the molecule is CCOCCC1OC2C(OC3CCC4(C=O)C5CCC6(C)C(c7ccc(=O)oc7)CCC6(O)C5CCC4(O)C3)OC(C)C(O)C2O1. The second kappa shape index (κ2) is 12.0. The molecule has 14 unspecified atom stereocenters. The molecule has 3 N–H and O–H groups in total. The highest BCUT2D eigenvalue weighted by molar-refractivity contribution is 5.64. The van der Waals surface area contributed by atoms with E-state index in [0.29, 0.717) is 58.2 Å². The number of carbonyl (C=O) groups excluding carboxylic acids is 1. The summed E-state index contributed by atoms with van der Waals surface area (Å²) < 4.78 is 35.5. The average Bonchev–Trinajstić information content (AvgIpc) is 3.59. The van der Waals surface area contributed by atoms with Crippen LogP contribution in [0.3, 0.4) is 0 Å². The molecule has 1 aromatic rings. The number of hydrogen-bond donors (Lipinski definition) is 3. The zero-order chi connectivity index (χ0) is 32.5. The van der Waals surface area contributed by atoms with Gasteiger partial charge in [-0.2, -0.15) is 0 Å². The van der Waals surface area contributed by atoms with Crippen LogP contribution < -0.4 is 5.63 Å². The van der Waals surface area contributed by atoms with Gasteiger partial charge in [-0.3, -0.25) is 0 Å². The summed E-state index contributed by atoms with van der Waals surface area (Å²) in [6.45, 7) is 6.93. The third-order valence-corrected chi connectivity index (χ3v) is 13.2. The summed E-state index contributed by atoms with van der Waals surface area (Å²) in [7, 11) is 0. The maximum absolute atomic E-state index is 13.2. The van der Waals surface area contributed by atoms with Crippen LogP contribution in [0.4, 0.5) is 0 Å². The van der Waals surface area contributed by atoms with Crippen molar-refractivity contribution in [3.63, 3.8) is 0 Å². The van der Waals surface area contributed by atoms with Gasteiger partial charge in [0.05, 0.1) is 41.7 Å². The molecule has 4 saturated carbocycles. The van der Waals surface area contributed by atoms with Crippen molar-refractivity contribution in [1.29, 1.82) is 0 Å². The number of aliphatic hydroxyl groups excluding tert-OH is 1. The molecule has 256 valence electrons. The Kier molecular flexibility index (Phi) is 8.57. The molecule has 3 heterocycles. The van der Waals surface area contributed by atoms with Crippen molar-refractivity contribution in [2.45, 2.75) is 145 Å². The van der Waals surface area contributed by atoms with E-state index in [0.717, 1.165) is 24.7 Å². The maximum atomic E-state index is 13.2. The third kappa shape index (κ3) is 4.90. The minimum Gasteiger partial charge on any atom is -0.431 e. The predicted octanol–water partition coefficient (Wildman–Crippen LogP) is 3.20. The molecule has 0 amide bonds. The standard InChI is InChI=1S/C35H50O11/c1-4-41-16-11-27-45-29-28(38)20(2)43-31(30(29)46-27)44-22-7-13-33(19-36)24-8-12-32(3)23(21-5-6-26(37)42-18-21)10-15-35(32,40)25(24)9-14-34(33,39)17-22/h5-6,18-20,22-25,27-31,38-40H,4,7-17H2,1-3H3. The molecule has 2 saturated heterocycles. The molecule has 11 nitrogen and oxygen atoms in total. The Bertz CT molecular complexity index is 1320. The van der Waals surface area contributed by atoms with E-state index < -0.39 is 64.7 Å². The number of rotatable bonds is 8. The summed E-state index contributed by atoms with van der Waals surface area (Å²) in [6.07, 6.45) is 3.81. The van der Waals surface area contributed by atoms with Crippen LogP contribution in [0.5, 0.6) is 0 Å². The Balaban J connectivity index is 1.07. The number of aldehydes is 1. The molecular weight excluding hydrogens is 596 g/mol. The molecule has 2 aliphatic heterocycles. The van der Waals surface area contributed by atoms with Crippen LogP contribution in [0, 0.1) is 22.7 Å². The molecule has 6 fully saturated rings. The highest BCUT2D eigenvalue weighted by Gasteiger charge is 2.71. The molecule has 0 radical (unpaired) electrons. The smallest absolute Gasteiger partial charge is 0.335 e. The predicted molar refractivity (Wildman–Crippen MR) is 163 cm³/mol. The van der Waals surface area contributed by atoms with Gasteiger partial charge in [0.25, 0.3) is 0 Å². The molecule has 0 spiro atoms. The van der Waals surface area contributed by atoms with E-state index >= 15 is 0 Å². The van der Waals surface area contributed by atoms with Gasteiger partial charge in [-0.25, -0.2) is 4.79 Å². The molecule has 6 aliphatic rings. The largest absolute Gasteiger partial charge is 0.431 e. The first kappa shape index (κ1) is 32.8. The summed E-state index contributed by atoms with van der Waals surface area (Å²) >= 11 is 0. The lowest BCUT2D eigenvalue weighted by atomic mass is 9.41. The molecular formula is C35H50O11. The second-order valence-corrected chi connectivity index (χ2v) is 15.1. The second-order valence-electron chi connectivity index (χ2n) is 15.1. The van der Waals surface area contributed by atoms with Gasteiger partial charge in [0.15, 0.2) is 12.6 Å². The van der Waals surface area contributed by atoms with E-state index in [1.165, 1.54) is 12.3 Å². The van der Waals surface area contributed by atoms with E-state index in [1.807, 2.05) is 13.0 Å². The van der Waals surface area contributed by atoms with E-state index in [4.69, 9.17) is 28.1 Å². The molecule has 11 heteroatoms. The van der Waals surface area contributed by atoms with Crippen LogP contribution in [0.2, 0.25) is 0 Å². The van der Waals surface area contributed by atoms with Crippen LogP contribution in [0.15, 0.2) is 27.6 Å². The highest BCUT2D eigenvalue weighted by atomic mass is 16.8. The lowest BCUT2D eigenvalue weighted by molar-refractivity contribution is -0.302. The van der Waals surface area contributed by atoms with Crippen LogP contribution in [0.1, 0.15) is 96.5 Å². The number of aliphatic hydroxyl groups is 3. The maximum Gasteiger partial charge on any atom is 0.335 e. The topological polar surface area (TPSA) is 154 Å². The molecule has 4 aliphatic carbocycles. The summed E-state index contributed by atoms with van der Waals surface area (Å²) in [5.74, 6) is -0.239. The lowest BCUT2D eigenvalue weighted by Gasteiger charge is -2.65. The molecule has 14 atom stereocenters. The number of hydrogen-bond acceptors (Lipinski definition) is 11. The van der Waals surface area contributed by atoms with E-state index in [9.17, 15) is 24.9 Å². The van der Waals surface area contributed by atoms with Crippen molar-refractivity contribution in [2.75, 3.05) is 13.2 Å². The monoisotopic (exact) mass is 646 g/mol. The number of fused-ring (bicyclic) bond motifs is 6. The molecule has 7 rings (SSSR count). The number of carbonyl (C=O) groups is 1. The lowest BCUT2D eigenvalue weighted by Crippen LogP contribution is -2.69. The van der Waals surface area contributed by atoms with Gasteiger partial charge in [0.1, 0.15) is 24.6 Å². The molecule has 0 bridgehead atoms. The van der Waals surface area contributed by atoms with Crippen molar-refractivity contribution in [1.82, 2.24) is 0 Å². The van der Waals surface area contributed by atoms with Gasteiger partial charge in [0, 0.05) is 30.9 Å². The fourth-order valence-electron chi connectivity index (χ4n) is 10.8. The van der Waals surface area contributed by atoms with Gasteiger partial charge in [-0.15, -0.1) is 0 Å². The van der Waals surface area contributed by atoms with E-state index in [1.54, 1.807) is 6.92 Å². The summed E-state index contributed by atoms with van der Waals surface area (Å²) in [6, 6.07) is 3.26. The van der Waals surface area contributed by atoms with Gasteiger partial charge < -0.3 is 48.2 Å². The minimum atomic E-state index is -1.28. The number of ether oxygens (including phenoxy) is 5. The normalized spacial score (nSPS) is 49.9. The van der Waals surface area contributed by atoms with E-state index in [-0.39, 0.29) is 30.3 Å². The van der Waals surface area contributed by atoms with E-state index in [2.05, 4.69) is 6.92 Å². The Labute approximate surface area is 269 Å². The molecule has 0 aromatic carbocycles. The Morgan fingerprint density at radius 2 is 1.78 bits per heavy atom. The Morgan fingerprint density at radius 3 is 2.52 bits per heavy atom. The zero-order valence-electron chi connectivity index (χ0n) is 27.2. The van der Waals surface area contributed by atoms with Crippen LogP contribution in [0.25, 0.3) is 0 Å². The summed E-state index contributed by atoms with van der Waals surface area (Å²) in [5.41, 5.74) is -3.16. The fraction of sp³-hybridized carbons (Fsp3) is 0.829. The van der Waals surface area contributed by atoms with Crippen LogP contribution in [-0.4, -0.2) is 89.1 Å². The zero-order valence-corrected chi connectivity index (χ0v) is 27.2. The van der Waals surface area contributed by atoms with Crippen molar-refractivity contribution in [3.05, 3.63) is 34.4 Å². The van der Waals surface area contributed by atoms with Gasteiger partial charge >= 0.3 is 5.63 Å². The first-order valence-electron chi connectivity index (χ1n) is 17.4. The van der Waals surface area contributed by atoms with Crippen molar-refractivity contribution < 1.29 is 48.2 Å². The summed E-state index contributed by atoms with van der Waals surface area (Å²) in [4.78, 5) is 24.9. The van der Waals surface area contributed by atoms with Crippen molar-refractivity contribution in [3.8, 4) is 0 Å². The highest BCUT2D eigenvalue weighted by Crippen LogP contribution is 2.71. The quantitative estimate of drug-likeness (QED) is 0.217. The Morgan fingerprint density at radius 1 is 1.00 bits per heavy atom. The van der Waals surface area contributed by atoms with Crippen LogP contribution in [-0.2, 0) is 28.5 Å². The van der Waals surface area contributed by atoms with Crippen molar-refractivity contribution >= 4 is 6.29 Å².